The Hall–Kier alpha value is -3.07. The molecular weight excluding hydrogens is 388 g/mol. The number of thioether (sulfide) groups is 1. The van der Waals surface area contributed by atoms with Crippen LogP contribution >= 0.6 is 11.8 Å². The van der Waals surface area contributed by atoms with Crippen LogP contribution in [0.25, 0.3) is 5.82 Å². The van der Waals surface area contributed by atoms with Gasteiger partial charge in [0.15, 0.2) is 0 Å². The molecule has 9 heteroatoms. The van der Waals surface area contributed by atoms with E-state index in [1.165, 1.54) is 0 Å². The number of carbonyl (C=O) groups is 1. The largest absolute Gasteiger partial charge is 0.494 e. The van der Waals surface area contributed by atoms with Gasteiger partial charge in [-0.3, -0.25) is 9.36 Å². The molecule has 1 N–H and O–H groups in total. The third-order valence-electron chi connectivity index (χ3n) is 4.48. The predicted molar refractivity (Wildman–Crippen MR) is 114 cm³/mol. The number of nitrogens with zero attached hydrogens (tertiary/aromatic N) is 5. The van der Waals surface area contributed by atoms with Crippen LogP contribution in [0.15, 0.2) is 49.2 Å². The highest BCUT2D eigenvalue weighted by Gasteiger charge is 2.15. The van der Waals surface area contributed by atoms with Crippen LogP contribution in [0.3, 0.4) is 0 Å². The Kier molecular flexibility index (Phi) is 5.95. The minimum Gasteiger partial charge on any atom is -0.494 e. The summed E-state index contributed by atoms with van der Waals surface area (Å²) in [5, 5.41) is 2.84. The molecular formula is C20H22N6O2S. The zero-order valence-electron chi connectivity index (χ0n) is 16.1. The van der Waals surface area contributed by atoms with Crippen molar-refractivity contribution in [2.75, 3.05) is 41.4 Å². The van der Waals surface area contributed by atoms with Gasteiger partial charge in [0.1, 0.15) is 35.7 Å². The van der Waals surface area contributed by atoms with Gasteiger partial charge in [-0.1, -0.05) is 0 Å². The monoisotopic (exact) mass is 410 g/mol. The van der Waals surface area contributed by atoms with Gasteiger partial charge in [-0.15, -0.1) is 0 Å². The summed E-state index contributed by atoms with van der Waals surface area (Å²) in [5.41, 5.74) is 0.994. The van der Waals surface area contributed by atoms with E-state index in [2.05, 4.69) is 25.2 Å². The second-order valence-corrected chi connectivity index (χ2v) is 7.64. The number of imidazole rings is 1. The number of benzene rings is 1. The fourth-order valence-corrected chi connectivity index (χ4v) is 3.91. The summed E-state index contributed by atoms with van der Waals surface area (Å²) in [7, 11) is 0. The molecule has 0 radical (unpaired) electrons. The number of nitrogens with one attached hydrogen (secondary N) is 1. The number of carbonyl (C=O) groups excluding carboxylic acids is 1. The molecule has 1 aliphatic rings. The summed E-state index contributed by atoms with van der Waals surface area (Å²) in [4.78, 5) is 27.7. The van der Waals surface area contributed by atoms with Crippen molar-refractivity contribution in [1.82, 2.24) is 19.5 Å². The van der Waals surface area contributed by atoms with Gasteiger partial charge >= 0.3 is 0 Å². The minimum atomic E-state index is -0.282. The van der Waals surface area contributed by atoms with Gasteiger partial charge in [-0.25, -0.2) is 15.0 Å². The van der Waals surface area contributed by atoms with E-state index in [0.717, 1.165) is 36.2 Å². The summed E-state index contributed by atoms with van der Waals surface area (Å²) in [5.74, 6) is 4.25. The molecule has 0 unspecified atom stereocenters. The molecule has 1 fully saturated rings. The molecule has 0 bridgehead atoms. The van der Waals surface area contributed by atoms with Crippen molar-refractivity contribution in [2.24, 2.45) is 0 Å². The van der Waals surface area contributed by atoms with Gasteiger partial charge in [0.2, 0.25) is 0 Å². The Balaban J connectivity index is 1.45. The van der Waals surface area contributed by atoms with Crippen LogP contribution < -0.4 is 15.0 Å². The summed E-state index contributed by atoms with van der Waals surface area (Å²) in [6.07, 6.45) is 4.80. The van der Waals surface area contributed by atoms with E-state index in [4.69, 9.17) is 4.74 Å². The van der Waals surface area contributed by atoms with Gasteiger partial charge in [-0.05, 0) is 31.2 Å². The lowest BCUT2D eigenvalue weighted by Crippen LogP contribution is -2.33. The van der Waals surface area contributed by atoms with Crippen molar-refractivity contribution in [3.63, 3.8) is 0 Å². The fourth-order valence-electron chi connectivity index (χ4n) is 3.01. The van der Waals surface area contributed by atoms with Crippen LogP contribution in [0.4, 0.5) is 11.5 Å². The Morgan fingerprint density at radius 2 is 1.90 bits per heavy atom. The summed E-state index contributed by atoms with van der Waals surface area (Å²) >= 11 is 1.95. The zero-order valence-corrected chi connectivity index (χ0v) is 16.9. The molecule has 1 saturated heterocycles. The van der Waals surface area contributed by atoms with Crippen molar-refractivity contribution >= 4 is 29.2 Å². The summed E-state index contributed by atoms with van der Waals surface area (Å²) in [6.45, 7) is 4.48. The number of ether oxygens (including phenoxy) is 1. The van der Waals surface area contributed by atoms with Crippen molar-refractivity contribution < 1.29 is 9.53 Å². The van der Waals surface area contributed by atoms with Gasteiger partial charge in [0.25, 0.3) is 5.91 Å². The van der Waals surface area contributed by atoms with Crippen LogP contribution in [0.5, 0.6) is 5.75 Å². The molecule has 0 saturated carbocycles. The molecule has 4 rings (SSSR count). The normalized spacial score (nSPS) is 13.9. The molecule has 8 nitrogen and oxygen atoms in total. The maximum absolute atomic E-state index is 12.5. The number of aromatic nitrogens is 4. The van der Waals surface area contributed by atoms with E-state index >= 15 is 0 Å². The summed E-state index contributed by atoms with van der Waals surface area (Å²) < 4.78 is 7.14. The number of anilines is 2. The van der Waals surface area contributed by atoms with Crippen LogP contribution in [0, 0.1) is 0 Å². The van der Waals surface area contributed by atoms with E-state index < -0.39 is 0 Å². The Labute approximate surface area is 173 Å². The number of amides is 1. The molecule has 1 aromatic carbocycles. The maximum atomic E-state index is 12.5. The van der Waals surface area contributed by atoms with E-state index in [0.29, 0.717) is 23.8 Å². The third kappa shape index (κ3) is 4.68. The van der Waals surface area contributed by atoms with E-state index in [1.54, 1.807) is 35.6 Å². The number of hydrogen-bond acceptors (Lipinski definition) is 7. The Morgan fingerprint density at radius 3 is 2.66 bits per heavy atom. The molecule has 1 aliphatic heterocycles. The highest BCUT2D eigenvalue weighted by Crippen LogP contribution is 2.19. The molecule has 2 aromatic heterocycles. The average molecular weight is 411 g/mol. The topological polar surface area (TPSA) is 85.2 Å². The fraction of sp³-hybridized carbons (Fsp3) is 0.300. The quantitative estimate of drug-likeness (QED) is 0.669. The predicted octanol–water partition coefficient (Wildman–Crippen LogP) is 2.87. The molecule has 3 aromatic rings. The zero-order chi connectivity index (χ0) is 20.1. The Bertz CT molecular complexity index is 969. The maximum Gasteiger partial charge on any atom is 0.275 e. The van der Waals surface area contributed by atoms with Crippen LogP contribution in [-0.4, -0.2) is 56.6 Å². The first-order chi connectivity index (χ1) is 14.2. The SMILES string of the molecule is CCOc1ccc(NC(=O)c2cn(-c3cc(N4CCSCC4)ncn3)cn2)cc1. The lowest BCUT2D eigenvalue weighted by Gasteiger charge is -2.27. The molecule has 29 heavy (non-hydrogen) atoms. The first-order valence-electron chi connectivity index (χ1n) is 9.46. The van der Waals surface area contributed by atoms with Gasteiger partial charge in [0.05, 0.1) is 6.61 Å². The van der Waals surface area contributed by atoms with Gasteiger partial charge in [0, 0.05) is 42.5 Å². The van der Waals surface area contributed by atoms with Crippen molar-refractivity contribution in [3.05, 3.63) is 54.9 Å². The molecule has 1 amide bonds. The third-order valence-corrected chi connectivity index (χ3v) is 5.42. The summed E-state index contributed by atoms with van der Waals surface area (Å²) in [6, 6.07) is 9.16. The second-order valence-electron chi connectivity index (χ2n) is 6.41. The molecule has 0 atom stereocenters. The Morgan fingerprint density at radius 1 is 1.14 bits per heavy atom. The first-order valence-corrected chi connectivity index (χ1v) is 10.6. The average Bonchev–Trinajstić information content (AvgIpc) is 3.27. The van der Waals surface area contributed by atoms with Gasteiger partial charge in [-0.2, -0.15) is 11.8 Å². The highest BCUT2D eigenvalue weighted by atomic mass is 32.2. The standard InChI is InChI=1S/C20H22N6O2S/c1-2-28-16-5-3-15(4-6-16)24-20(27)17-12-26(14-23-17)19-11-18(21-13-22-19)25-7-9-29-10-8-25/h3-6,11-14H,2,7-10H2,1H3,(H,24,27). The minimum absolute atomic E-state index is 0.282. The van der Waals surface area contributed by atoms with E-state index in [-0.39, 0.29) is 5.91 Å². The smallest absolute Gasteiger partial charge is 0.275 e. The first kappa shape index (κ1) is 19.3. The van der Waals surface area contributed by atoms with Gasteiger partial charge < -0.3 is 15.0 Å². The van der Waals surface area contributed by atoms with E-state index in [1.807, 2.05) is 36.9 Å². The van der Waals surface area contributed by atoms with Crippen LogP contribution in [0.2, 0.25) is 0 Å². The molecule has 3 heterocycles. The van der Waals surface area contributed by atoms with Crippen molar-refractivity contribution in [1.29, 1.82) is 0 Å². The van der Waals surface area contributed by atoms with E-state index in [9.17, 15) is 4.79 Å². The number of hydrogen-bond donors (Lipinski definition) is 1. The van der Waals surface area contributed by atoms with Crippen molar-refractivity contribution in [2.45, 2.75) is 6.92 Å². The van der Waals surface area contributed by atoms with Crippen LogP contribution in [-0.2, 0) is 0 Å². The number of rotatable bonds is 6. The lowest BCUT2D eigenvalue weighted by molar-refractivity contribution is 0.102. The van der Waals surface area contributed by atoms with Crippen LogP contribution in [0.1, 0.15) is 17.4 Å². The second kappa shape index (κ2) is 8.95. The lowest BCUT2D eigenvalue weighted by atomic mass is 10.3. The molecule has 150 valence electrons. The molecule has 0 aliphatic carbocycles. The highest BCUT2D eigenvalue weighted by molar-refractivity contribution is 7.99. The molecule has 0 spiro atoms. The van der Waals surface area contributed by atoms with Crippen molar-refractivity contribution in [3.8, 4) is 11.6 Å².